The minimum atomic E-state index is -3.63. The number of nitrogens with one attached hydrogen (secondary N) is 1. The van der Waals surface area contributed by atoms with Crippen LogP contribution in [0.5, 0.6) is 0 Å². The summed E-state index contributed by atoms with van der Waals surface area (Å²) < 4.78 is 56.8. The lowest BCUT2D eigenvalue weighted by molar-refractivity contribution is 0.0926. The van der Waals surface area contributed by atoms with Crippen molar-refractivity contribution < 1.29 is 26.4 Å². The summed E-state index contributed by atoms with van der Waals surface area (Å²) >= 11 is 0. The van der Waals surface area contributed by atoms with E-state index in [0.717, 1.165) is 18.3 Å². The van der Waals surface area contributed by atoms with Gasteiger partial charge in [0.15, 0.2) is 15.6 Å². The van der Waals surface area contributed by atoms with Crippen molar-refractivity contribution in [3.8, 4) is 0 Å². The predicted molar refractivity (Wildman–Crippen MR) is 97.5 cm³/mol. The van der Waals surface area contributed by atoms with E-state index < -0.39 is 38.7 Å². The molecule has 0 radical (unpaired) electrons. The van der Waals surface area contributed by atoms with E-state index in [1.807, 2.05) is 0 Å². The molecule has 1 amide bonds. The summed E-state index contributed by atoms with van der Waals surface area (Å²) in [5, 5.41) is 3.49. The average Bonchev–Trinajstić information content (AvgIpc) is 3.12. The molecule has 0 spiro atoms. The average molecular weight is 404 g/mol. The molecule has 0 saturated heterocycles. The normalized spacial score (nSPS) is 11.6. The van der Waals surface area contributed by atoms with E-state index >= 15 is 0 Å². The molecule has 1 N–H and O–H groups in total. The van der Waals surface area contributed by atoms with Crippen LogP contribution >= 0.6 is 0 Å². The fourth-order valence-corrected chi connectivity index (χ4v) is 3.59. The summed E-state index contributed by atoms with van der Waals surface area (Å²) in [6.07, 6.45) is 0.826. The lowest BCUT2D eigenvalue weighted by Gasteiger charge is -2.02. The minimum Gasteiger partial charge on any atom is -0.455 e. The minimum absolute atomic E-state index is 0.0677. The summed E-state index contributed by atoms with van der Waals surface area (Å²) in [6.45, 7) is 0. The van der Waals surface area contributed by atoms with E-state index in [1.54, 1.807) is 18.2 Å². The Kier molecular flexibility index (Phi) is 5.65. The van der Waals surface area contributed by atoms with Crippen LogP contribution in [0.4, 0.5) is 8.78 Å². The van der Waals surface area contributed by atoms with Gasteiger partial charge in [0.2, 0.25) is 0 Å². The third kappa shape index (κ3) is 4.49. The van der Waals surface area contributed by atoms with Crippen molar-refractivity contribution in [3.63, 3.8) is 0 Å². The summed E-state index contributed by atoms with van der Waals surface area (Å²) in [7, 11) is -3.63. The van der Waals surface area contributed by atoms with Crippen molar-refractivity contribution in [2.24, 2.45) is 5.10 Å². The van der Waals surface area contributed by atoms with Gasteiger partial charge in [-0.1, -0.05) is 24.3 Å². The highest BCUT2D eigenvalue weighted by Gasteiger charge is 2.19. The second-order valence-electron chi connectivity index (χ2n) is 5.67. The molecular formula is C19H14F2N2O4S. The number of hydrazone groups is 1. The van der Waals surface area contributed by atoms with E-state index in [9.17, 15) is 22.0 Å². The molecule has 6 nitrogen and oxygen atoms in total. The molecule has 3 aromatic rings. The van der Waals surface area contributed by atoms with Crippen LogP contribution in [0.1, 0.15) is 21.9 Å². The third-order valence-corrected chi connectivity index (χ3v) is 5.33. The van der Waals surface area contributed by atoms with Crippen molar-refractivity contribution in [1.82, 2.24) is 5.43 Å². The Morgan fingerprint density at radius 1 is 1.00 bits per heavy atom. The summed E-state index contributed by atoms with van der Waals surface area (Å²) in [5.41, 5.74) is 1.66. The van der Waals surface area contributed by atoms with E-state index in [-0.39, 0.29) is 16.4 Å². The number of carbonyl (C=O) groups excluding carboxylic acids is 1. The Morgan fingerprint density at radius 3 is 2.36 bits per heavy atom. The molecule has 1 heterocycles. The van der Waals surface area contributed by atoms with Crippen LogP contribution in [-0.4, -0.2) is 20.5 Å². The Bertz CT molecular complexity index is 1110. The molecule has 28 heavy (non-hydrogen) atoms. The van der Waals surface area contributed by atoms with Gasteiger partial charge in [-0.15, -0.1) is 0 Å². The molecule has 0 aliphatic heterocycles. The van der Waals surface area contributed by atoms with Crippen molar-refractivity contribution in [3.05, 3.63) is 89.4 Å². The standard InChI is InChI=1S/C19H14F2N2O4S/c20-16-7-4-8-17(21)15(16)11-22-23-19(24)18-10-9-13(27-18)12-28(25,26)14-5-2-1-3-6-14/h1-11H,12H2,(H,23,24)/b22-11-. The van der Waals surface area contributed by atoms with Crippen LogP contribution in [0, 0.1) is 11.6 Å². The quantitative estimate of drug-likeness (QED) is 0.504. The molecule has 0 unspecified atom stereocenters. The smallest absolute Gasteiger partial charge is 0.307 e. The van der Waals surface area contributed by atoms with Gasteiger partial charge in [0.05, 0.1) is 16.7 Å². The zero-order chi connectivity index (χ0) is 20.1. The number of benzene rings is 2. The predicted octanol–water partition coefficient (Wildman–Crippen LogP) is 3.30. The van der Waals surface area contributed by atoms with Crippen LogP contribution in [0.3, 0.4) is 0 Å². The highest BCUT2D eigenvalue weighted by molar-refractivity contribution is 7.90. The first-order chi connectivity index (χ1) is 13.4. The first kappa shape index (κ1) is 19.4. The van der Waals surface area contributed by atoms with Gasteiger partial charge in [-0.05, 0) is 36.4 Å². The number of hydrogen-bond donors (Lipinski definition) is 1. The number of sulfone groups is 1. The van der Waals surface area contributed by atoms with Crippen molar-refractivity contribution >= 4 is 22.0 Å². The molecule has 0 saturated carbocycles. The van der Waals surface area contributed by atoms with Crippen LogP contribution in [0.2, 0.25) is 0 Å². The maximum absolute atomic E-state index is 13.5. The molecule has 0 fully saturated rings. The second-order valence-corrected chi connectivity index (χ2v) is 7.66. The van der Waals surface area contributed by atoms with Gasteiger partial charge in [0, 0.05) is 0 Å². The zero-order valence-electron chi connectivity index (χ0n) is 14.3. The highest BCUT2D eigenvalue weighted by atomic mass is 32.2. The van der Waals surface area contributed by atoms with Gasteiger partial charge >= 0.3 is 5.91 Å². The number of amides is 1. The number of furan rings is 1. The number of nitrogens with zero attached hydrogens (tertiary/aromatic N) is 1. The molecule has 0 bridgehead atoms. The molecule has 0 atom stereocenters. The fourth-order valence-electron chi connectivity index (χ4n) is 2.32. The Labute approximate surface area is 159 Å². The van der Waals surface area contributed by atoms with Crippen molar-refractivity contribution in [1.29, 1.82) is 0 Å². The van der Waals surface area contributed by atoms with Gasteiger partial charge in [0.1, 0.15) is 23.1 Å². The number of carbonyl (C=O) groups is 1. The first-order valence-electron chi connectivity index (χ1n) is 8.01. The Hall–Kier alpha value is -3.33. The summed E-state index contributed by atoms with van der Waals surface area (Å²) in [4.78, 5) is 12.1. The van der Waals surface area contributed by atoms with E-state index in [0.29, 0.717) is 0 Å². The Morgan fingerprint density at radius 2 is 1.68 bits per heavy atom. The molecule has 0 aliphatic carbocycles. The maximum atomic E-state index is 13.5. The van der Waals surface area contributed by atoms with Gasteiger partial charge in [-0.3, -0.25) is 4.79 Å². The lowest BCUT2D eigenvalue weighted by atomic mass is 10.2. The Balaban J connectivity index is 1.67. The molecule has 3 rings (SSSR count). The molecule has 1 aromatic heterocycles. The van der Waals surface area contributed by atoms with Crippen LogP contribution in [-0.2, 0) is 15.6 Å². The fraction of sp³-hybridized carbons (Fsp3) is 0.0526. The van der Waals surface area contributed by atoms with Crippen molar-refractivity contribution in [2.45, 2.75) is 10.6 Å². The molecule has 2 aromatic carbocycles. The van der Waals surface area contributed by atoms with Gasteiger partial charge in [-0.2, -0.15) is 5.10 Å². The van der Waals surface area contributed by atoms with E-state index in [2.05, 4.69) is 10.5 Å². The maximum Gasteiger partial charge on any atom is 0.307 e. The zero-order valence-corrected chi connectivity index (χ0v) is 15.1. The highest BCUT2D eigenvalue weighted by Crippen LogP contribution is 2.18. The molecule has 144 valence electrons. The topological polar surface area (TPSA) is 88.7 Å². The molecule has 9 heteroatoms. The van der Waals surface area contributed by atoms with Gasteiger partial charge in [-0.25, -0.2) is 22.6 Å². The van der Waals surface area contributed by atoms with Crippen molar-refractivity contribution in [2.75, 3.05) is 0 Å². The first-order valence-corrected chi connectivity index (χ1v) is 9.66. The molecular weight excluding hydrogens is 390 g/mol. The lowest BCUT2D eigenvalue weighted by Crippen LogP contribution is -2.17. The number of rotatable bonds is 6. The molecule has 0 aliphatic rings. The van der Waals surface area contributed by atoms with Crippen LogP contribution in [0.15, 0.2) is 75.1 Å². The second kappa shape index (κ2) is 8.13. The van der Waals surface area contributed by atoms with Crippen LogP contribution < -0.4 is 5.43 Å². The van der Waals surface area contributed by atoms with Crippen LogP contribution in [0.25, 0.3) is 0 Å². The van der Waals surface area contributed by atoms with E-state index in [4.69, 9.17) is 4.42 Å². The summed E-state index contributed by atoms with van der Waals surface area (Å²) in [6, 6.07) is 13.8. The third-order valence-electron chi connectivity index (χ3n) is 3.68. The largest absolute Gasteiger partial charge is 0.455 e. The number of hydrogen-bond acceptors (Lipinski definition) is 5. The van der Waals surface area contributed by atoms with E-state index in [1.165, 1.54) is 30.3 Å². The number of halogens is 2. The van der Waals surface area contributed by atoms with Gasteiger partial charge in [0.25, 0.3) is 0 Å². The summed E-state index contributed by atoms with van der Waals surface area (Å²) in [5.74, 6) is -3.00. The monoisotopic (exact) mass is 404 g/mol. The van der Waals surface area contributed by atoms with Gasteiger partial charge < -0.3 is 4.42 Å². The SMILES string of the molecule is O=C(N/N=C\c1c(F)cccc1F)c1ccc(CS(=O)(=O)c2ccccc2)o1.